The number of nitro groups is 1. The highest BCUT2D eigenvalue weighted by Crippen LogP contribution is 2.37. The van der Waals surface area contributed by atoms with E-state index in [9.17, 15) is 14.9 Å². The average Bonchev–Trinajstić information content (AvgIpc) is 2.27. The van der Waals surface area contributed by atoms with Gasteiger partial charge in [0.2, 0.25) is 0 Å². The molecule has 0 amide bonds. The second kappa shape index (κ2) is 6.73. The van der Waals surface area contributed by atoms with Gasteiger partial charge in [0.15, 0.2) is 5.75 Å². The lowest BCUT2D eigenvalue weighted by Gasteiger charge is -2.10. The molecular weight excluding hydrogens is 293 g/mol. The lowest BCUT2D eigenvalue weighted by molar-refractivity contribution is -0.385. The van der Waals surface area contributed by atoms with Crippen LogP contribution in [0, 0.1) is 16.0 Å². The van der Waals surface area contributed by atoms with Crippen molar-refractivity contribution >= 4 is 34.1 Å². The van der Waals surface area contributed by atoms with Crippen LogP contribution in [-0.2, 0) is 0 Å². The standard InChI is InChI=1S/C12H13Cl2NO4/c1-7(2)5-6-19-9-4-3-8(12(14)16)10(13)11(9)15(17)18/h3-4,7H,5-6H2,1-2H3. The van der Waals surface area contributed by atoms with E-state index in [1.165, 1.54) is 12.1 Å². The second-order valence-corrected chi connectivity index (χ2v) is 5.06. The summed E-state index contributed by atoms with van der Waals surface area (Å²) in [5, 5.41) is 9.86. The first-order valence-corrected chi connectivity index (χ1v) is 6.39. The first-order chi connectivity index (χ1) is 8.84. The van der Waals surface area contributed by atoms with E-state index in [1.54, 1.807) is 0 Å². The van der Waals surface area contributed by atoms with Gasteiger partial charge in [-0.25, -0.2) is 0 Å². The van der Waals surface area contributed by atoms with E-state index >= 15 is 0 Å². The molecule has 7 heteroatoms. The Kier molecular flexibility index (Phi) is 5.57. The van der Waals surface area contributed by atoms with Gasteiger partial charge in [0.1, 0.15) is 5.02 Å². The number of rotatable bonds is 6. The molecule has 0 saturated heterocycles. The van der Waals surface area contributed by atoms with Crippen molar-refractivity contribution in [1.29, 1.82) is 0 Å². The Labute approximate surface area is 120 Å². The minimum atomic E-state index is -0.846. The van der Waals surface area contributed by atoms with Crippen molar-refractivity contribution in [3.63, 3.8) is 0 Å². The highest BCUT2D eigenvalue weighted by Gasteiger charge is 2.25. The predicted molar refractivity (Wildman–Crippen MR) is 73.2 cm³/mol. The van der Waals surface area contributed by atoms with Crippen LogP contribution in [0.25, 0.3) is 0 Å². The van der Waals surface area contributed by atoms with Crippen molar-refractivity contribution in [3.8, 4) is 5.75 Å². The van der Waals surface area contributed by atoms with E-state index in [2.05, 4.69) is 0 Å². The maximum atomic E-state index is 11.1. The van der Waals surface area contributed by atoms with E-state index in [4.69, 9.17) is 27.9 Å². The fourth-order valence-electron chi connectivity index (χ4n) is 1.39. The van der Waals surface area contributed by atoms with Gasteiger partial charge in [0.05, 0.1) is 17.1 Å². The quantitative estimate of drug-likeness (QED) is 0.451. The summed E-state index contributed by atoms with van der Waals surface area (Å²) in [4.78, 5) is 21.4. The Morgan fingerprint density at radius 3 is 2.58 bits per heavy atom. The van der Waals surface area contributed by atoms with Gasteiger partial charge in [-0.15, -0.1) is 0 Å². The molecule has 0 heterocycles. The maximum Gasteiger partial charge on any atom is 0.330 e. The van der Waals surface area contributed by atoms with Gasteiger partial charge in [-0.2, -0.15) is 0 Å². The summed E-state index contributed by atoms with van der Waals surface area (Å²) in [5.41, 5.74) is -0.539. The Bertz CT molecular complexity index is 503. The topological polar surface area (TPSA) is 69.4 Å². The Morgan fingerprint density at radius 1 is 1.47 bits per heavy atom. The number of hydrogen-bond donors (Lipinski definition) is 0. The number of hydrogen-bond acceptors (Lipinski definition) is 4. The van der Waals surface area contributed by atoms with Crippen molar-refractivity contribution in [2.45, 2.75) is 20.3 Å². The average molecular weight is 306 g/mol. The van der Waals surface area contributed by atoms with Gasteiger partial charge >= 0.3 is 5.69 Å². The molecule has 0 aliphatic heterocycles. The summed E-state index contributed by atoms with van der Waals surface area (Å²) in [6.07, 6.45) is 0.755. The summed E-state index contributed by atoms with van der Waals surface area (Å²) in [6.45, 7) is 4.36. The molecule has 0 aliphatic rings. The highest BCUT2D eigenvalue weighted by atomic mass is 35.5. The Hall–Kier alpha value is -1.33. The third kappa shape index (κ3) is 4.08. The van der Waals surface area contributed by atoms with Gasteiger partial charge in [-0.05, 0) is 36.1 Å². The van der Waals surface area contributed by atoms with E-state index in [-0.39, 0.29) is 16.3 Å². The van der Waals surface area contributed by atoms with Crippen LogP contribution >= 0.6 is 23.2 Å². The molecule has 0 spiro atoms. The Balaban J connectivity index is 3.08. The monoisotopic (exact) mass is 305 g/mol. The summed E-state index contributed by atoms with van der Waals surface area (Å²) >= 11 is 11.1. The van der Waals surface area contributed by atoms with Gasteiger partial charge in [0.25, 0.3) is 5.24 Å². The molecule has 1 rings (SSSR count). The lowest BCUT2D eigenvalue weighted by Crippen LogP contribution is -2.05. The predicted octanol–water partition coefficient (Wildman–Crippen LogP) is 4.05. The van der Waals surface area contributed by atoms with Crippen molar-refractivity contribution in [2.75, 3.05) is 6.61 Å². The van der Waals surface area contributed by atoms with Crippen molar-refractivity contribution in [3.05, 3.63) is 32.8 Å². The van der Waals surface area contributed by atoms with Crippen molar-refractivity contribution in [2.24, 2.45) is 5.92 Å². The molecule has 0 atom stereocenters. The molecule has 0 aromatic heterocycles. The van der Waals surface area contributed by atoms with Gasteiger partial charge in [-0.1, -0.05) is 25.4 Å². The van der Waals surface area contributed by atoms with Crippen molar-refractivity contribution < 1.29 is 14.5 Å². The molecular formula is C12H13Cl2NO4. The van der Waals surface area contributed by atoms with E-state index < -0.39 is 15.9 Å². The van der Waals surface area contributed by atoms with Gasteiger partial charge in [0, 0.05) is 0 Å². The fourth-order valence-corrected chi connectivity index (χ4v) is 1.91. The third-order valence-electron chi connectivity index (χ3n) is 2.43. The van der Waals surface area contributed by atoms with Crippen LogP contribution in [0.1, 0.15) is 30.6 Å². The molecule has 0 bridgehead atoms. The van der Waals surface area contributed by atoms with Gasteiger partial charge in [-0.3, -0.25) is 14.9 Å². The zero-order chi connectivity index (χ0) is 14.6. The molecule has 0 fully saturated rings. The number of halogens is 2. The summed E-state index contributed by atoms with van der Waals surface area (Å²) in [5.74, 6) is 0.454. The number of ether oxygens (including phenoxy) is 1. The van der Waals surface area contributed by atoms with Gasteiger partial charge < -0.3 is 4.74 Å². The van der Waals surface area contributed by atoms with E-state index in [0.29, 0.717) is 12.5 Å². The first-order valence-electron chi connectivity index (χ1n) is 5.64. The zero-order valence-corrected chi connectivity index (χ0v) is 12.0. The molecule has 0 saturated carbocycles. The van der Waals surface area contributed by atoms with Crippen LogP contribution in [0.5, 0.6) is 5.75 Å². The summed E-state index contributed by atoms with van der Waals surface area (Å²) in [6, 6.07) is 2.65. The second-order valence-electron chi connectivity index (χ2n) is 4.34. The van der Waals surface area contributed by atoms with Crippen LogP contribution in [0.3, 0.4) is 0 Å². The summed E-state index contributed by atoms with van der Waals surface area (Å²) < 4.78 is 5.34. The fraction of sp³-hybridized carbons (Fsp3) is 0.417. The number of carbonyl (C=O) groups excluding carboxylic acids is 1. The van der Waals surface area contributed by atoms with Crippen LogP contribution in [0.2, 0.25) is 5.02 Å². The largest absolute Gasteiger partial charge is 0.487 e. The first kappa shape index (κ1) is 15.7. The zero-order valence-electron chi connectivity index (χ0n) is 10.5. The van der Waals surface area contributed by atoms with Crippen molar-refractivity contribution in [1.82, 2.24) is 0 Å². The van der Waals surface area contributed by atoms with E-state index in [0.717, 1.165) is 6.42 Å². The number of nitro benzene ring substituents is 1. The number of nitrogens with zero attached hydrogens (tertiary/aromatic N) is 1. The lowest BCUT2D eigenvalue weighted by atomic mass is 10.1. The molecule has 19 heavy (non-hydrogen) atoms. The van der Waals surface area contributed by atoms with E-state index in [1.807, 2.05) is 13.8 Å². The van der Waals surface area contributed by atoms with Crippen LogP contribution in [-0.4, -0.2) is 16.8 Å². The molecule has 0 N–H and O–H groups in total. The molecule has 1 aromatic rings. The molecule has 104 valence electrons. The third-order valence-corrected chi connectivity index (χ3v) is 3.01. The highest BCUT2D eigenvalue weighted by molar-refractivity contribution is 6.69. The van der Waals surface area contributed by atoms with Crippen LogP contribution in [0.15, 0.2) is 12.1 Å². The van der Waals surface area contributed by atoms with Crippen LogP contribution < -0.4 is 4.74 Å². The smallest absolute Gasteiger partial charge is 0.330 e. The summed E-state index contributed by atoms with van der Waals surface area (Å²) in [7, 11) is 0. The number of carbonyl (C=O) groups is 1. The van der Waals surface area contributed by atoms with Crippen LogP contribution in [0.4, 0.5) is 5.69 Å². The molecule has 0 radical (unpaired) electrons. The number of benzene rings is 1. The normalized spacial score (nSPS) is 10.6. The molecule has 5 nitrogen and oxygen atoms in total. The minimum absolute atomic E-state index is 0.0392. The molecule has 1 aromatic carbocycles. The molecule has 0 unspecified atom stereocenters. The SMILES string of the molecule is CC(C)CCOc1ccc(C(=O)Cl)c(Cl)c1[N+](=O)[O-]. The maximum absolute atomic E-state index is 11.1. The Morgan fingerprint density at radius 2 is 2.11 bits per heavy atom. The molecule has 0 aliphatic carbocycles. The minimum Gasteiger partial charge on any atom is -0.487 e.